The van der Waals surface area contributed by atoms with Gasteiger partial charge in [0.15, 0.2) is 0 Å². The SMILES string of the molecule is CSCCC(NC(N)=O)C(=O)N1C[C@@H](CN)[C@H](c2ccccc2)C1.Cl. The van der Waals surface area contributed by atoms with Crippen LogP contribution in [0.15, 0.2) is 30.3 Å². The van der Waals surface area contributed by atoms with Crippen LogP contribution in [-0.4, -0.2) is 54.5 Å². The lowest BCUT2D eigenvalue weighted by Gasteiger charge is -2.24. The Morgan fingerprint density at radius 2 is 2.00 bits per heavy atom. The normalized spacial score (nSPS) is 20.6. The summed E-state index contributed by atoms with van der Waals surface area (Å²) in [6.07, 6.45) is 2.54. The van der Waals surface area contributed by atoms with Gasteiger partial charge in [-0.2, -0.15) is 11.8 Å². The van der Waals surface area contributed by atoms with Crippen LogP contribution in [0.5, 0.6) is 0 Å². The molecular formula is C17H27ClN4O2S. The van der Waals surface area contributed by atoms with E-state index in [-0.39, 0.29) is 30.2 Å². The van der Waals surface area contributed by atoms with E-state index in [4.69, 9.17) is 11.5 Å². The number of benzene rings is 1. The van der Waals surface area contributed by atoms with E-state index in [1.807, 2.05) is 29.4 Å². The first kappa shape index (κ1) is 21.6. The highest BCUT2D eigenvalue weighted by atomic mass is 35.5. The van der Waals surface area contributed by atoms with E-state index >= 15 is 0 Å². The van der Waals surface area contributed by atoms with Gasteiger partial charge < -0.3 is 21.7 Å². The van der Waals surface area contributed by atoms with Crippen molar-refractivity contribution in [1.82, 2.24) is 10.2 Å². The second-order valence-electron chi connectivity index (χ2n) is 6.10. The lowest BCUT2D eigenvalue weighted by molar-refractivity contribution is -0.132. The summed E-state index contributed by atoms with van der Waals surface area (Å²) in [4.78, 5) is 25.9. The van der Waals surface area contributed by atoms with Crippen LogP contribution >= 0.6 is 24.2 Å². The molecule has 1 saturated heterocycles. The molecule has 0 aliphatic carbocycles. The molecule has 1 unspecified atom stereocenters. The van der Waals surface area contributed by atoms with Gasteiger partial charge >= 0.3 is 6.03 Å². The second-order valence-corrected chi connectivity index (χ2v) is 7.08. The van der Waals surface area contributed by atoms with E-state index in [9.17, 15) is 9.59 Å². The van der Waals surface area contributed by atoms with Crippen molar-refractivity contribution in [1.29, 1.82) is 0 Å². The molecule has 1 aliphatic rings. The summed E-state index contributed by atoms with van der Waals surface area (Å²) in [7, 11) is 0. The first-order chi connectivity index (χ1) is 11.6. The molecule has 1 aliphatic heterocycles. The third-order valence-electron chi connectivity index (χ3n) is 4.51. The van der Waals surface area contributed by atoms with Crippen LogP contribution in [0.3, 0.4) is 0 Å². The number of urea groups is 1. The minimum Gasteiger partial charge on any atom is -0.352 e. The highest BCUT2D eigenvalue weighted by Gasteiger charge is 2.37. The fourth-order valence-electron chi connectivity index (χ4n) is 3.25. The Kier molecular flexibility index (Phi) is 9.10. The first-order valence-corrected chi connectivity index (χ1v) is 9.55. The molecule has 140 valence electrons. The van der Waals surface area contributed by atoms with E-state index < -0.39 is 12.1 Å². The summed E-state index contributed by atoms with van der Waals surface area (Å²) < 4.78 is 0. The zero-order valence-corrected chi connectivity index (χ0v) is 16.0. The van der Waals surface area contributed by atoms with Gasteiger partial charge in [-0.05, 0) is 36.5 Å². The van der Waals surface area contributed by atoms with Crippen LogP contribution < -0.4 is 16.8 Å². The van der Waals surface area contributed by atoms with E-state index in [1.165, 1.54) is 5.56 Å². The number of thioether (sulfide) groups is 1. The summed E-state index contributed by atoms with van der Waals surface area (Å²) >= 11 is 1.64. The molecule has 8 heteroatoms. The molecular weight excluding hydrogens is 360 g/mol. The topological polar surface area (TPSA) is 101 Å². The van der Waals surface area contributed by atoms with Gasteiger partial charge in [-0.1, -0.05) is 30.3 Å². The average molecular weight is 387 g/mol. The van der Waals surface area contributed by atoms with Crippen LogP contribution in [0.4, 0.5) is 4.79 Å². The second kappa shape index (κ2) is 10.5. The summed E-state index contributed by atoms with van der Waals surface area (Å²) in [5.41, 5.74) is 12.4. The van der Waals surface area contributed by atoms with Gasteiger partial charge in [0.2, 0.25) is 5.91 Å². The Hall–Kier alpha value is -1.44. The van der Waals surface area contributed by atoms with Crippen molar-refractivity contribution in [2.24, 2.45) is 17.4 Å². The average Bonchev–Trinajstić information content (AvgIpc) is 3.02. The number of halogens is 1. The Bertz CT molecular complexity index is 561. The molecule has 25 heavy (non-hydrogen) atoms. The number of likely N-dealkylation sites (tertiary alicyclic amines) is 1. The van der Waals surface area contributed by atoms with Gasteiger partial charge in [-0.15, -0.1) is 12.4 Å². The number of nitrogens with two attached hydrogens (primary N) is 2. The minimum absolute atomic E-state index is 0. The van der Waals surface area contributed by atoms with Crippen LogP contribution in [0.1, 0.15) is 17.9 Å². The van der Waals surface area contributed by atoms with Crippen molar-refractivity contribution in [2.75, 3.05) is 31.6 Å². The fraction of sp³-hybridized carbons (Fsp3) is 0.529. The predicted octanol–water partition coefficient (Wildman–Crippen LogP) is 1.40. The zero-order chi connectivity index (χ0) is 17.5. The van der Waals surface area contributed by atoms with E-state index in [1.54, 1.807) is 11.8 Å². The number of nitrogens with one attached hydrogen (secondary N) is 1. The molecule has 6 nitrogen and oxygen atoms in total. The van der Waals surface area contributed by atoms with Crippen LogP contribution in [0, 0.1) is 5.92 Å². The molecule has 2 rings (SSSR count). The van der Waals surface area contributed by atoms with E-state index in [2.05, 4.69) is 17.4 Å². The van der Waals surface area contributed by atoms with Gasteiger partial charge in [-0.3, -0.25) is 4.79 Å². The van der Waals surface area contributed by atoms with Gasteiger partial charge in [0.1, 0.15) is 6.04 Å². The lowest BCUT2D eigenvalue weighted by Crippen LogP contribution is -2.50. The van der Waals surface area contributed by atoms with Gasteiger partial charge in [0, 0.05) is 19.0 Å². The third-order valence-corrected chi connectivity index (χ3v) is 5.15. The number of amides is 3. The van der Waals surface area contributed by atoms with Crippen molar-refractivity contribution in [2.45, 2.75) is 18.4 Å². The molecule has 1 heterocycles. The maximum atomic E-state index is 12.8. The molecule has 0 saturated carbocycles. The Morgan fingerprint density at radius 3 is 2.56 bits per heavy atom. The van der Waals surface area contributed by atoms with E-state index in [0.717, 1.165) is 5.75 Å². The number of carbonyl (C=O) groups is 2. The third kappa shape index (κ3) is 5.80. The van der Waals surface area contributed by atoms with Crippen LogP contribution in [-0.2, 0) is 4.79 Å². The summed E-state index contributed by atoms with van der Waals surface area (Å²) in [6, 6.07) is 8.91. The summed E-state index contributed by atoms with van der Waals surface area (Å²) in [5.74, 6) is 1.17. The van der Waals surface area contributed by atoms with Crippen molar-refractivity contribution in [3.63, 3.8) is 0 Å². The zero-order valence-electron chi connectivity index (χ0n) is 14.4. The summed E-state index contributed by atoms with van der Waals surface area (Å²) in [6.45, 7) is 1.77. The maximum absolute atomic E-state index is 12.8. The molecule has 3 amide bonds. The smallest absolute Gasteiger partial charge is 0.312 e. The van der Waals surface area contributed by atoms with Crippen molar-refractivity contribution >= 4 is 36.1 Å². The fourth-order valence-corrected chi connectivity index (χ4v) is 3.72. The largest absolute Gasteiger partial charge is 0.352 e. The number of hydrogen-bond acceptors (Lipinski definition) is 4. The van der Waals surface area contributed by atoms with Gasteiger partial charge in [-0.25, -0.2) is 4.79 Å². The summed E-state index contributed by atoms with van der Waals surface area (Å²) in [5, 5.41) is 2.58. The predicted molar refractivity (Wildman–Crippen MR) is 105 cm³/mol. The first-order valence-electron chi connectivity index (χ1n) is 8.15. The number of nitrogens with zero attached hydrogens (tertiary/aromatic N) is 1. The molecule has 0 aromatic heterocycles. The van der Waals surface area contributed by atoms with Crippen molar-refractivity contribution < 1.29 is 9.59 Å². The molecule has 1 fully saturated rings. The Balaban J connectivity index is 0.00000312. The van der Waals surface area contributed by atoms with Gasteiger partial charge in [0.05, 0.1) is 0 Å². The van der Waals surface area contributed by atoms with Gasteiger partial charge in [0.25, 0.3) is 0 Å². The van der Waals surface area contributed by atoms with Crippen molar-refractivity contribution in [3.05, 3.63) is 35.9 Å². The highest BCUT2D eigenvalue weighted by Crippen LogP contribution is 2.32. The molecule has 3 atom stereocenters. The maximum Gasteiger partial charge on any atom is 0.312 e. The molecule has 5 N–H and O–H groups in total. The number of rotatable bonds is 7. The number of carbonyl (C=O) groups excluding carboxylic acids is 2. The van der Waals surface area contributed by atoms with Crippen molar-refractivity contribution in [3.8, 4) is 0 Å². The minimum atomic E-state index is -0.663. The molecule has 0 radical (unpaired) electrons. The Morgan fingerprint density at radius 1 is 1.32 bits per heavy atom. The van der Waals surface area contributed by atoms with Crippen LogP contribution in [0.2, 0.25) is 0 Å². The highest BCUT2D eigenvalue weighted by molar-refractivity contribution is 7.98. The Labute approximate surface area is 159 Å². The monoisotopic (exact) mass is 386 g/mol. The molecule has 0 bridgehead atoms. The molecule has 1 aromatic rings. The van der Waals surface area contributed by atoms with Crippen LogP contribution in [0.25, 0.3) is 0 Å². The quantitative estimate of drug-likeness (QED) is 0.659. The number of primary amides is 1. The lowest BCUT2D eigenvalue weighted by atomic mass is 9.89. The molecule has 0 spiro atoms. The molecule has 1 aromatic carbocycles. The van der Waals surface area contributed by atoms with E-state index in [0.29, 0.717) is 26.1 Å². The number of hydrogen-bond donors (Lipinski definition) is 3. The standard InChI is InChI=1S/C17H26N4O2S.ClH/c1-24-8-7-15(20-17(19)23)16(22)21-10-13(9-18)14(11-21)12-5-3-2-4-6-12;/h2-6,13-15H,7-11,18H2,1H3,(H3,19,20,23);1H/t13-,14+,15?;/m1./s1.